The van der Waals surface area contributed by atoms with Crippen LogP contribution in [0.4, 0.5) is 11.5 Å². The van der Waals surface area contributed by atoms with Crippen molar-refractivity contribution in [2.45, 2.75) is 77.2 Å². The number of nitrogens with zero attached hydrogens (tertiary/aromatic N) is 8. The molecule has 238 valence electrons. The topological polar surface area (TPSA) is 74.8 Å². The average molecular weight is 609 g/mol. The summed E-state index contributed by atoms with van der Waals surface area (Å²) in [6, 6.07) is 17.9. The second-order valence-electron chi connectivity index (χ2n) is 13.9. The normalized spacial score (nSPS) is 25.5. The van der Waals surface area contributed by atoms with Crippen LogP contribution in [0.5, 0.6) is 6.01 Å². The summed E-state index contributed by atoms with van der Waals surface area (Å²) >= 11 is 0. The maximum Gasteiger partial charge on any atom is 0.318 e. The minimum absolute atomic E-state index is 0.194. The summed E-state index contributed by atoms with van der Waals surface area (Å²) in [5, 5.41) is 12.4. The number of benzene rings is 2. The van der Waals surface area contributed by atoms with Crippen molar-refractivity contribution in [3.63, 3.8) is 0 Å². The molecule has 1 unspecified atom stereocenters. The second kappa shape index (κ2) is 12.7. The predicted molar refractivity (Wildman–Crippen MR) is 180 cm³/mol. The standard InChI is InChI=1S/C36H48N8O/c1-25(2)44-22-30(44)21-41-18-19-43(20-28(41)13-15-37)35-31-14-17-42(33-12-6-10-27-9-5-8-26(3)34(27)33)23-32(31)38-36(39-35)45-24-29-11-7-16-40(29)4/h5-6,8-10,12,25,28-30H,7,11,13-14,16-24H2,1-4H3/t28-,29-,30?,44+/m0/s1. The minimum Gasteiger partial charge on any atom is -0.462 e. The fourth-order valence-electron chi connectivity index (χ4n) is 7.94. The molecule has 7 rings (SSSR count). The van der Waals surface area contributed by atoms with Crippen molar-refractivity contribution in [3.8, 4) is 12.1 Å². The van der Waals surface area contributed by atoms with Crippen molar-refractivity contribution in [1.29, 1.82) is 5.26 Å². The second-order valence-corrected chi connectivity index (χ2v) is 13.9. The van der Waals surface area contributed by atoms with E-state index in [1.54, 1.807) is 0 Å². The smallest absolute Gasteiger partial charge is 0.318 e. The number of piperazine rings is 1. The van der Waals surface area contributed by atoms with Gasteiger partial charge in [-0.15, -0.1) is 0 Å². The lowest BCUT2D eigenvalue weighted by atomic mass is 9.99. The molecule has 4 aliphatic rings. The number of hydrogen-bond acceptors (Lipinski definition) is 9. The van der Waals surface area contributed by atoms with Crippen molar-refractivity contribution >= 4 is 22.3 Å². The van der Waals surface area contributed by atoms with Gasteiger partial charge in [0.15, 0.2) is 0 Å². The summed E-state index contributed by atoms with van der Waals surface area (Å²) in [6.45, 7) is 15.0. The van der Waals surface area contributed by atoms with Crippen LogP contribution in [0.2, 0.25) is 0 Å². The molecule has 5 heterocycles. The van der Waals surface area contributed by atoms with Crippen molar-refractivity contribution in [2.24, 2.45) is 0 Å². The highest BCUT2D eigenvalue weighted by Gasteiger charge is 2.40. The Kier molecular flexibility index (Phi) is 8.56. The number of likely N-dealkylation sites (tertiary alicyclic amines) is 1. The molecule has 4 atom stereocenters. The van der Waals surface area contributed by atoms with Gasteiger partial charge in [-0.3, -0.25) is 9.80 Å². The van der Waals surface area contributed by atoms with E-state index >= 15 is 0 Å². The fourth-order valence-corrected chi connectivity index (χ4v) is 7.94. The van der Waals surface area contributed by atoms with Gasteiger partial charge in [0.05, 0.1) is 24.7 Å². The van der Waals surface area contributed by atoms with E-state index in [9.17, 15) is 5.26 Å². The average Bonchev–Trinajstić information content (AvgIpc) is 3.70. The van der Waals surface area contributed by atoms with E-state index < -0.39 is 0 Å². The number of anilines is 2. The lowest BCUT2D eigenvalue weighted by molar-refractivity contribution is 0.169. The molecule has 0 N–H and O–H groups in total. The summed E-state index contributed by atoms with van der Waals surface area (Å²) in [5.74, 6) is 1.02. The first kappa shape index (κ1) is 30.2. The third-order valence-corrected chi connectivity index (χ3v) is 10.6. The third-order valence-electron chi connectivity index (χ3n) is 10.6. The molecule has 0 bridgehead atoms. The number of likely N-dealkylation sites (N-methyl/N-ethyl adjacent to an activating group) is 1. The fraction of sp³-hybridized carbons (Fsp3) is 0.583. The molecule has 9 nitrogen and oxygen atoms in total. The Hall–Kier alpha value is -3.45. The molecule has 3 fully saturated rings. The van der Waals surface area contributed by atoms with Crippen molar-refractivity contribution in [3.05, 3.63) is 53.2 Å². The molecule has 45 heavy (non-hydrogen) atoms. The summed E-state index contributed by atoms with van der Waals surface area (Å²) in [5.41, 5.74) is 4.87. The van der Waals surface area contributed by atoms with Gasteiger partial charge in [0, 0.05) is 80.1 Å². The number of aromatic nitrogens is 2. The molecular weight excluding hydrogens is 560 g/mol. The monoisotopic (exact) mass is 608 g/mol. The highest BCUT2D eigenvalue weighted by molar-refractivity contribution is 5.97. The Morgan fingerprint density at radius 2 is 1.82 bits per heavy atom. The van der Waals surface area contributed by atoms with E-state index in [1.165, 1.54) is 40.6 Å². The van der Waals surface area contributed by atoms with Crippen molar-refractivity contribution < 1.29 is 4.74 Å². The molecule has 2 aromatic carbocycles. The Morgan fingerprint density at radius 3 is 2.58 bits per heavy atom. The van der Waals surface area contributed by atoms with Gasteiger partial charge < -0.3 is 19.4 Å². The molecule has 3 aromatic rings. The maximum absolute atomic E-state index is 9.79. The zero-order chi connectivity index (χ0) is 31.1. The molecule has 0 amide bonds. The van der Waals surface area contributed by atoms with Gasteiger partial charge in [-0.05, 0) is 70.6 Å². The van der Waals surface area contributed by atoms with Gasteiger partial charge in [0.25, 0.3) is 0 Å². The SMILES string of the molecule is Cc1cccc2cccc(N3CCc4c(nc(OC[C@@H]5CCCN5C)nc4N4CCN(CC5C[N@]5C(C)C)[C@@H](CC#N)C4)C3)c12. The third kappa shape index (κ3) is 6.20. The van der Waals surface area contributed by atoms with Crippen LogP contribution in [-0.4, -0.2) is 108 Å². The van der Waals surface area contributed by atoms with Gasteiger partial charge in [-0.1, -0.05) is 30.3 Å². The molecule has 3 saturated heterocycles. The Bertz CT molecular complexity index is 1560. The van der Waals surface area contributed by atoms with Crippen LogP contribution in [0, 0.1) is 18.3 Å². The zero-order valence-corrected chi connectivity index (χ0v) is 27.5. The van der Waals surface area contributed by atoms with Gasteiger partial charge in [-0.25, -0.2) is 0 Å². The molecular formula is C36H48N8O. The molecule has 4 aliphatic heterocycles. The Morgan fingerprint density at radius 1 is 0.978 bits per heavy atom. The van der Waals surface area contributed by atoms with E-state index in [0.29, 0.717) is 37.2 Å². The van der Waals surface area contributed by atoms with Crippen LogP contribution in [0.15, 0.2) is 36.4 Å². The van der Waals surface area contributed by atoms with Crippen molar-refractivity contribution in [1.82, 2.24) is 24.7 Å². The van der Waals surface area contributed by atoms with Gasteiger partial charge in [-0.2, -0.15) is 15.2 Å². The minimum atomic E-state index is 0.194. The van der Waals surface area contributed by atoms with E-state index in [1.807, 2.05) is 0 Å². The highest BCUT2D eigenvalue weighted by atomic mass is 16.5. The van der Waals surface area contributed by atoms with Crippen LogP contribution in [0.25, 0.3) is 10.8 Å². The number of rotatable bonds is 9. The first-order valence-electron chi connectivity index (χ1n) is 17.0. The van der Waals surface area contributed by atoms with E-state index in [4.69, 9.17) is 14.7 Å². The largest absolute Gasteiger partial charge is 0.462 e. The number of aryl methyl sites for hydroxylation is 1. The first-order chi connectivity index (χ1) is 21.9. The van der Waals surface area contributed by atoms with Crippen LogP contribution >= 0.6 is 0 Å². The van der Waals surface area contributed by atoms with E-state index in [2.05, 4.69) is 94.8 Å². The number of fused-ring (bicyclic) bond motifs is 2. The van der Waals surface area contributed by atoms with Crippen molar-refractivity contribution in [2.75, 3.05) is 69.3 Å². The predicted octanol–water partition coefficient (Wildman–Crippen LogP) is 4.47. The lowest BCUT2D eigenvalue weighted by Crippen LogP contribution is -2.55. The molecule has 9 heteroatoms. The van der Waals surface area contributed by atoms with Gasteiger partial charge in [0.2, 0.25) is 0 Å². The number of nitriles is 1. The highest BCUT2D eigenvalue weighted by Crippen LogP contribution is 2.36. The zero-order valence-electron chi connectivity index (χ0n) is 27.5. The van der Waals surface area contributed by atoms with Crippen LogP contribution in [0.3, 0.4) is 0 Å². The van der Waals surface area contributed by atoms with Crippen LogP contribution < -0.4 is 14.5 Å². The molecule has 0 radical (unpaired) electrons. The molecule has 1 aromatic heterocycles. The van der Waals surface area contributed by atoms with E-state index in [0.717, 1.165) is 70.2 Å². The summed E-state index contributed by atoms with van der Waals surface area (Å²) in [7, 11) is 2.18. The Labute approximate surface area is 268 Å². The maximum atomic E-state index is 9.79. The Balaban J connectivity index is 1.17. The first-order valence-corrected chi connectivity index (χ1v) is 17.0. The number of hydrogen-bond donors (Lipinski definition) is 0. The van der Waals surface area contributed by atoms with Crippen LogP contribution in [0.1, 0.15) is 49.9 Å². The molecule has 0 spiro atoms. The molecule has 0 saturated carbocycles. The lowest BCUT2D eigenvalue weighted by Gasteiger charge is -2.42. The van der Waals surface area contributed by atoms with E-state index in [-0.39, 0.29) is 6.04 Å². The number of ether oxygens (including phenoxy) is 1. The summed E-state index contributed by atoms with van der Waals surface area (Å²) < 4.78 is 6.40. The quantitative estimate of drug-likeness (QED) is 0.327. The summed E-state index contributed by atoms with van der Waals surface area (Å²) in [6.07, 6.45) is 3.77. The van der Waals surface area contributed by atoms with Gasteiger partial charge in [0.1, 0.15) is 12.4 Å². The molecule has 0 aliphatic carbocycles. The summed E-state index contributed by atoms with van der Waals surface area (Å²) in [4.78, 5) is 22.6. The van der Waals surface area contributed by atoms with Crippen LogP contribution in [-0.2, 0) is 13.0 Å². The van der Waals surface area contributed by atoms with Gasteiger partial charge >= 0.3 is 6.01 Å².